The minimum atomic E-state index is -0.0946. The second kappa shape index (κ2) is 8.31. The summed E-state index contributed by atoms with van der Waals surface area (Å²) in [7, 11) is 4.03. The van der Waals surface area contributed by atoms with Crippen molar-refractivity contribution < 1.29 is 4.79 Å². The molecule has 1 N–H and O–H groups in total. The number of aryl methyl sites for hydroxylation is 1. The predicted molar refractivity (Wildman–Crippen MR) is 111 cm³/mol. The number of amides is 1. The topological polar surface area (TPSA) is 66.3 Å². The number of likely N-dealkylation sites (N-methyl/N-ethyl adjacent to an activating group) is 1. The second-order valence-electron chi connectivity index (χ2n) is 8.09. The molecule has 150 valence electrons. The van der Waals surface area contributed by atoms with Crippen LogP contribution in [0.1, 0.15) is 54.1 Å². The van der Waals surface area contributed by atoms with E-state index in [1.54, 1.807) is 10.9 Å². The zero-order valence-electron chi connectivity index (χ0n) is 16.9. The smallest absolute Gasteiger partial charge is 0.259 e. The number of piperazine rings is 1. The van der Waals surface area contributed by atoms with Gasteiger partial charge >= 0.3 is 0 Å². The van der Waals surface area contributed by atoms with Crippen molar-refractivity contribution in [2.24, 2.45) is 7.05 Å². The zero-order valence-corrected chi connectivity index (χ0v) is 16.9. The Labute approximate surface area is 166 Å². The highest BCUT2D eigenvalue weighted by molar-refractivity contribution is 6.05. The number of carbonyl (C=O) groups excluding carboxylic acids is 1. The minimum absolute atomic E-state index is 0.0946. The molecule has 1 saturated carbocycles. The van der Waals surface area contributed by atoms with Crippen LogP contribution in [-0.4, -0.2) is 58.8 Å². The fourth-order valence-electron chi connectivity index (χ4n) is 4.24. The van der Waals surface area contributed by atoms with E-state index in [1.807, 2.05) is 25.4 Å². The normalized spacial score (nSPS) is 19.0. The Morgan fingerprint density at radius 2 is 1.82 bits per heavy atom. The fraction of sp³-hybridized carbons (Fsp3) is 0.571. The number of carbonyl (C=O) groups is 1. The van der Waals surface area contributed by atoms with Crippen LogP contribution in [0.2, 0.25) is 0 Å². The van der Waals surface area contributed by atoms with Crippen LogP contribution < -0.4 is 10.2 Å². The van der Waals surface area contributed by atoms with Gasteiger partial charge in [-0.25, -0.2) is 4.98 Å². The van der Waals surface area contributed by atoms with Gasteiger partial charge in [0.2, 0.25) is 0 Å². The van der Waals surface area contributed by atoms with Crippen LogP contribution >= 0.6 is 0 Å². The summed E-state index contributed by atoms with van der Waals surface area (Å²) in [5.74, 6) is 1.27. The SMILES string of the molecule is CN1CCN(c2ccc(NC(=O)c3cn(C)nc3C3CCCCC3)cn2)CC1. The minimum Gasteiger partial charge on any atom is -0.354 e. The molecular weight excluding hydrogens is 352 g/mol. The van der Waals surface area contributed by atoms with Crippen molar-refractivity contribution in [1.82, 2.24) is 19.7 Å². The number of hydrogen-bond acceptors (Lipinski definition) is 5. The average molecular weight is 383 g/mol. The zero-order chi connectivity index (χ0) is 19.5. The first-order chi connectivity index (χ1) is 13.6. The molecule has 0 spiro atoms. The summed E-state index contributed by atoms with van der Waals surface area (Å²) in [6, 6.07) is 3.93. The standard InChI is InChI=1S/C21H30N6O/c1-25-10-12-27(13-11-25)19-9-8-17(14-22-19)23-21(28)18-15-26(2)24-20(18)16-6-4-3-5-7-16/h8-9,14-16H,3-7,10-13H2,1-2H3,(H,23,28). The Morgan fingerprint density at radius 3 is 2.50 bits per heavy atom. The molecule has 0 unspecified atom stereocenters. The van der Waals surface area contributed by atoms with Gasteiger partial charge in [0.05, 0.1) is 23.1 Å². The average Bonchev–Trinajstić information content (AvgIpc) is 3.12. The number of pyridine rings is 1. The van der Waals surface area contributed by atoms with Gasteiger partial charge in [-0.1, -0.05) is 19.3 Å². The van der Waals surface area contributed by atoms with Crippen LogP contribution in [0.25, 0.3) is 0 Å². The van der Waals surface area contributed by atoms with Crippen molar-refractivity contribution >= 4 is 17.4 Å². The molecule has 1 saturated heterocycles. The van der Waals surface area contributed by atoms with E-state index >= 15 is 0 Å². The lowest BCUT2D eigenvalue weighted by Crippen LogP contribution is -2.44. The molecule has 2 aromatic heterocycles. The molecule has 2 aliphatic rings. The molecule has 2 fully saturated rings. The molecule has 0 bridgehead atoms. The monoisotopic (exact) mass is 382 g/mol. The highest BCUT2D eigenvalue weighted by Gasteiger charge is 2.25. The van der Waals surface area contributed by atoms with Crippen molar-refractivity contribution in [2.75, 3.05) is 43.4 Å². The van der Waals surface area contributed by atoms with E-state index in [4.69, 9.17) is 0 Å². The number of hydrogen-bond donors (Lipinski definition) is 1. The Hall–Kier alpha value is -2.41. The molecular formula is C21H30N6O. The molecule has 1 amide bonds. The maximum absolute atomic E-state index is 12.9. The summed E-state index contributed by atoms with van der Waals surface area (Å²) in [5.41, 5.74) is 2.36. The highest BCUT2D eigenvalue weighted by Crippen LogP contribution is 2.33. The van der Waals surface area contributed by atoms with Crippen LogP contribution in [0.4, 0.5) is 11.5 Å². The Morgan fingerprint density at radius 1 is 1.07 bits per heavy atom. The van der Waals surface area contributed by atoms with E-state index in [0.29, 0.717) is 11.5 Å². The summed E-state index contributed by atoms with van der Waals surface area (Å²) in [6.45, 7) is 4.06. The maximum atomic E-state index is 12.9. The number of nitrogens with zero attached hydrogens (tertiary/aromatic N) is 5. The van der Waals surface area contributed by atoms with E-state index in [-0.39, 0.29) is 5.91 Å². The quantitative estimate of drug-likeness (QED) is 0.881. The summed E-state index contributed by atoms with van der Waals surface area (Å²) >= 11 is 0. The summed E-state index contributed by atoms with van der Waals surface area (Å²) in [6.07, 6.45) is 9.57. The van der Waals surface area contributed by atoms with Gasteiger partial charge in [-0.05, 0) is 32.0 Å². The lowest BCUT2D eigenvalue weighted by Gasteiger charge is -2.33. The third kappa shape index (κ3) is 4.19. The fourth-order valence-corrected chi connectivity index (χ4v) is 4.24. The third-order valence-corrected chi connectivity index (χ3v) is 5.93. The highest BCUT2D eigenvalue weighted by atomic mass is 16.1. The number of aromatic nitrogens is 3. The van der Waals surface area contributed by atoms with Crippen LogP contribution in [0.5, 0.6) is 0 Å². The summed E-state index contributed by atoms with van der Waals surface area (Å²) in [5, 5.41) is 7.61. The van der Waals surface area contributed by atoms with Crippen LogP contribution in [-0.2, 0) is 7.05 Å². The van der Waals surface area contributed by atoms with Gasteiger partial charge in [0.25, 0.3) is 5.91 Å². The Balaban J connectivity index is 1.44. The molecule has 0 aromatic carbocycles. The first kappa shape index (κ1) is 18.9. The van der Waals surface area contributed by atoms with Gasteiger partial charge in [0.1, 0.15) is 5.82 Å². The van der Waals surface area contributed by atoms with E-state index < -0.39 is 0 Å². The van der Waals surface area contributed by atoms with Crippen LogP contribution in [0.3, 0.4) is 0 Å². The molecule has 4 rings (SSSR count). The Bertz CT molecular complexity index is 801. The number of anilines is 2. The van der Waals surface area contributed by atoms with E-state index in [2.05, 4.69) is 32.2 Å². The molecule has 7 heteroatoms. The molecule has 2 aromatic rings. The van der Waals surface area contributed by atoms with Crippen molar-refractivity contribution in [3.63, 3.8) is 0 Å². The van der Waals surface area contributed by atoms with Crippen LogP contribution in [0.15, 0.2) is 24.5 Å². The van der Waals surface area contributed by atoms with Crippen molar-refractivity contribution in [2.45, 2.75) is 38.0 Å². The van der Waals surface area contributed by atoms with Gasteiger partial charge in [-0.3, -0.25) is 9.48 Å². The molecule has 7 nitrogen and oxygen atoms in total. The van der Waals surface area contributed by atoms with Crippen molar-refractivity contribution in [1.29, 1.82) is 0 Å². The molecule has 3 heterocycles. The second-order valence-corrected chi connectivity index (χ2v) is 8.09. The van der Waals surface area contributed by atoms with Crippen molar-refractivity contribution in [3.8, 4) is 0 Å². The maximum Gasteiger partial charge on any atom is 0.259 e. The largest absolute Gasteiger partial charge is 0.354 e. The molecule has 1 aliphatic heterocycles. The molecule has 0 atom stereocenters. The number of nitrogens with one attached hydrogen (secondary N) is 1. The van der Waals surface area contributed by atoms with Gasteiger partial charge in [0, 0.05) is 45.3 Å². The lowest BCUT2D eigenvalue weighted by molar-refractivity contribution is 0.102. The van der Waals surface area contributed by atoms with Gasteiger partial charge in [-0.15, -0.1) is 0 Å². The summed E-state index contributed by atoms with van der Waals surface area (Å²) in [4.78, 5) is 22.1. The molecule has 1 aliphatic carbocycles. The lowest BCUT2D eigenvalue weighted by atomic mass is 9.85. The van der Waals surface area contributed by atoms with Gasteiger partial charge in [-0.2, -0.15) is 5.10 Å². The van der Waals surface area contributed by atoms with E-state index in [9.17, 15) is 4.79 Å². The Kier molecular flexibility index (Phi) is 5.62. The van der Waals surface area contributed by atoms with Gasteiger partial charge in [0.15, 0.2) is 0 Å². The first-order valence-corrected chi connectivity index (χ1v) is 10.3. The molecule has 0 radical (unpaired) electrons. The predicted octanol–water partition coefficient (Wildman–Crippen LogP) is 2.87. The molecule has 28 heavy (non-hydrogen) atoms. The summed E-state index contributed by atoms with van der Waals surface area (Å²) < 4.78 is 1.76. The van der Waals surface area contributed by atoms with Crippen LogP contribution in [0, 0.1) is 0 Å². The van der Waals surface area contributed by atoms with E-state index in [1.165, 1.54) is 19.3 Å². The van der Waals surface area contributed by atoms with E-state index in [0.717, 1.165) is 56.2 Å². The first-order valence-electron chi connectivity index (χ1n) is 10.3. The van der Waals surface area contributed by atoms with Crippen molar-refractivity contribution in [3.05, 3.63) is 35.8 Å². The number of rotatable bonds is 4. The van der Waals surface area contributed by atoms with Gasteiger partial charge < -0.3 is 15.1 Å². The third-order valence-electron chi connectivity index (χ3n) is 5.93.